The Hall–Kier alpha value is -2.56. The molecule has 0 saturated heterocycles. The first-order valence-corrected chi connectivity index (χ1v) is 9.81. The highest BCUT2D eigenvalue weighted by molar-refractivity contribution is 6.32. The molecule has 4 nitrogen and oxygen atoms in total. The van der Waals surface area contributed by atoms with Gasteiger partial charge in [-0.1, -0.05) is 41.9 Å². The van der Waals surface area contributed by atoms with Crippen molar-refractivity contribution in [3.05, 3.63) is 69.9 Å². The van der Waals surface area contributed by atoms with Crippen LogP contribution >= 0.6 is 11.6 Å². The summed E-state index contributed by atoms with van der Waals surface area (Å²) in [6.45, 7) is 3.77. The lowest BCUT2D eigenvalue weighted by molar-refractivity contribution is -0.136. The summed E-state index contributed by atoms with van der Waals surface area (Å²) in [5.74, 6) is 0.320. The van der Waals surface area contributed by atoms with E-state index in [9.17, 15) is 4.79 Å². The molecule has 0 atom stereocenters. The summed E-state index contributed by atoms with van der Waals surface area (Å²) in [5.41, 5.74) is 4.25. The SMILES string of the molecule is CCOC(=O)C(=Cc1oc2ccc(Cl)c3c2c1CN(C)CC3)c1ccccc1. The van der Waals surface area contributed by atoms with Gasteiger partial charge in [0.25, 0.3) is 0 Å². The van der Waals surface area contributed by atoms with Crippen LogP contribution in [0.2, 0.25) is 5.02 Å². The third-order valence-corrected chi connectivity index (χ3v) is 5.42. The maximum Gasteiger partial charge on any atom is 0.338 e. The summed E-state index contributed by atoms with van der Waals surface area (Å²) in [7, 11) is 2.08. The molecule has 0 aliphatic carbocycles. The predicted octanol–water partition coefficient (Wildman–Crippen LogP) is 5.18. The molecular formula is C23H22ClNO3. The average molecular weight is 396 g/mol. The number of likely N-dealkylation sites (N-methyl/N-ethyl adjacent to an activating group) is 1. The summed E-state index contributed by atoms with van der Waals surface area (Å²) < 4.78 is 11.5. The van der Waals surface area contributed by atoms with Crippen LogP contribution in [0, 0.1) is 0 Å². The quantitative estimate of drug-likeness (QED) is 0.451. The van der Waals surface area contributed by atoms with Crippen molar-refractivity contribution in [1.29, 1.82) is 0 Å². The van der Waals surface area contributed by atoms with Gasteiger partial charge in [-0.05, 0) is 49.7 Å². The van der Waals surface area contributed by atoms with Crippen molar-refractivity contribution < 1.29 is 13.9 Å². The molecule has 144 valence electrons. The predicted molar refractivity (Wildman–Crippen MR) is 112 cm³/mol. The van der Waals surface area contributed by atoms with E-state index in [1.54, 1.807) is 13.0 Å². The van der Waals surface area contributed by atoms with Crippen molar-refractivity contribution in [3.8, 4) is 0 Å². The van der Waals surface area contributed by atoms with Gasteiger partial charge in [0.1, 0.15) is 11.3 Å². The Morgan fingerprint density at radius 2 is 2.00 bits per heavy atom. The number of hydrogen-bond acceptors (Lipinski definition) is 4. The van der Waals surface area contributed by atoms with E-state index in [1.165, 1.54) is 0 Å². The summed E-state index contributed by atoms with van der Waals surface area (Å²) in [6, 6.07) is 13.3. The first-order chi connectivity index (χ1) is 13.6. The first-order valence-electron chi connectivity index (χ1n) is 9.44. The Morgan fingerprint density at radius 3 is 2.75 bits per heavy atom. The van der Waals surface area contributed by atoms with Gasteiger partial charge >= 0.3 is 5.97 Å². The number of carbonyl (C=O) groups excluding carboxylic acids is 1. The van der Waals surface area contributed by atoms with Crippen LogP contribution in [0.25, 0.3) is 22.6 Å². The first kappa shape index (κ1) is 18.8. The molecule has 1 aliphatic rings. The highest BCUT2D eigenvalue weighted by Crippen LogP contribution is 2.37. The van der Waals surface area contributed by atoms with E-state index in [0.29, 0.717) is 17.9 Å². The Morgan fingerprint density at radius 1 is 1.21 bits per heavy atom. The molecule has 2 heterocycles. The van der Waals surface area contributed by atoms with E-state index in [2.05, 4.69) is 11.9 Å². The Balaban J connectivity index is 1.92. The van der Waals surface area contributed by atoms with Crippen molar-refractivity contribution in [2.75, 3.05) is 20.2 Å². The molecule has 4 rings (SSSR count). The second-order valence-corrected chi connectivity index (χ2v) is 7.38. The number of benzene rings is 2. The summed E-state index contributed by atoms with van der Waals surface area (Å²) in [6.07, 6.45) is 2.67. The summed E-state index contributed by atoms with van der Waals surface area (Å²) >= 11 is 6.48. The number of halogens is 1. The molecule has 3 aromatic rings. The highest BCUT2D eigenvalue weighted by Gasteiger charge is 2.24. The molecule has 1 aromatic heterocycles. The molecule has 0 fully saturated rings. The van der Waals surface area contributed by atoms with Crippen LogP contribution in [-0.2, 0) is 22.5 Å². The fourth-order valence-electron chi connectivity index (χ4n) is 3.71. The van der Waals surface area contributed by atoms with Gasteiger partial charge in [-0.3, -0.25) is 0 Å². The maximum absolute atomic E-state index is 12.7. The van der Waals surface area contributed by atoms with E-state index in [1.807, 2.05) is 42.5 Å². The number of nitrogens with zero attached hydrogens (tertiary/aromatic N) is 1. The van der Waals surface area contributed by atoms with Crippen molar-refractivity contribution in [2.45, 2.75) is 19.9 Å². The lowest BCUT2D eigenvalue weighted by Crippen LogP contribution is -2.18. The second kappa shape index (κ2) is 7.82. The molecule has 1 aliphatic heterocycles. The third kappa shape index (κ3) is 3.46. The normalized spacial score (nSPS) is 14.9. The number of rotatable bonds is 4. The number of ether oxygens (including phenoxy) is 1. The van der Waals surface area contributed by atoms with E-state index < -0.39 is 0 Å². The maximum atomic E-state index is 12.7. The molecule has 0 amide bonds. The number of furan rings is 1. The van der Waals surface area contributed by atoms with Crippen LogP contribution in [0.5, 0.6) is 0 Å². The van der Waals surface area contributed by atoms with Crippen LogP contribution in [0.4, 0.5) is 0 Å². The van der Waals surface area contributed by atoms with Crippen LogP contribution in [0.1, 0.15) is 29.4 Å². The topological polar surface area (TPSA) is 42.7 Å². The second-order valence-electron chi connectivity index (χ2n) is 6.98. The summed E-state index contributed by atoms with van der Waals surface area (Å²) in [4.78, 5) is 14.9. The van der Waals surface area contributed by atoms with Crippen LogP contribution in [0.15, 0.2) is 46.9 Å². The van der Waals surface area contributed by atoms with Gasteiger partial charge in [0, 0.05) is 29.1 Å². The minimum Gasteiger partial charge on any atom is -0.462 e. The highest BCUT2D eigenvalue weighted by atomic mass is 35.5. The zero-order valence-corrected chi connectivity index (χ0v) is 16.8. The smallest absolute Gasteiger partial charge is 0.338 e. The molecule has 0 radical (unpaired) electrons. The zero-order valence-electron chi connectivity index (χ0n) is 16.0. The monoisotopic (exact) mass is 395 g/mol. The Labute approximate surface area is 169 Å². The van der Waals surface area contributed by atoms with Crippen molar-refractivity contribution in [2.24, 2.45) is 0 Å². The standard InChI is InChI=1S/C23H22ClNO3/c1-3-27-23(26)17(15-7-5-4-6-8-15)13-21-18-14-25(2)12-11-16-19(24)9-10-20(28-21)22(16)18/h4-10,13H,3,11-12,14H2,1-2H3. The molecule has 28 heavy (non-hydrogen) atoms. The molecule has 0 bridgehead atoms. The molecule has 2 aromatic carbocycles. The minimum atomic E-state index is -0.360. The zero-order chi connectivity index (χ0) is 19.7. The van der Waals surface area contributed by atoms with Crippen molar-refractivity contribution >= 4 is 40.2 Å². The fourth-order valence-corrected chi connectivity index (χ4v) is 3.96. The van der Waals surface area contributed by atoms with Crippen LogP contribution < -0.4 is 0 Å². The van der Waals surface area contributed by atoms with Crippen LogP contribution in [0.3, 0.4) is 0 Å². The molecular weight excluding hydrogens is 374 g/mol. The largest absolute Gasteiger partial charge is 0.462 e. The van der Waals surface area contributed by atoms with E-state index in [4.69, 9.17) is 20.8 Å². The minimum absolute atomic E-state index is 0.318. The Bertz CT molecular complexity index is 1050. The van der Waals surface area contributed by atoms with E-state index >= 15 is 0 Å². The molecule has 5 heteroatoms. The van der Waals surface area contributed by atoms with Gasteiger partial charge in [-0.15, -0.1) is 0 Å². The lowest BCUT2D eigenvalue weighted by atomic mass is 10.0. The van der Waals surface area contributed by atoms with E-state index in [0.717, 1.165) is 52.2 Å². The molecule has 0 unspecified atom stereocenters. The third-order valence-electron chi connectivity index (χ3n) is 5.06. The Kier molecular flexibility index (Phi) is 5.25. The number of hydrogen-bond donors (Lipinski definition) is 0. The van der Waals surface area contributed by atoms with Crippen LogP contribution in [-0.4, -0.2) is 31.1 Å². The van der Waals surface area contributed by atoms with Gasteiger partial charge in [-0.25, -0.2) is 4.79 Å². The number of carbonyl (C=O) groups is 1. The van der Waals surface area contributed by atoms with Crippen molar-refractivity contribution in [3.63, 3.8) is 0 Å². The fraction of sp³-hybridized carbons (Fsp3) is 0.261. The molecule has 0 spiro atoms. The van der Waals surface area contributed by atoms with Crippen molar-refractivity contribution in [1.82, 2.24) is 4.90 Å². The number of esters is 1. The molecule has 0 N–H and O–H groups in total. The van der Waals surface area contributed by atoms with Gasteiger partial charge < -0.3 is 14.1 Å². The molecule has 0 saturated carbocycles. The van der Waals surface area contributed by atoms with Gasteiger partial charge in [-0.2, -0.15) is 0 Å². The summed E-state index contributed by atoms with van der Waals surface area (Å²) in [5, 5.41) is 1.83. The van der Waals surface area contributed by atoms with Gasteiger partial charge in [0.15, 0.2) is 0 Å². The van der Waals surface area contributed by atoms with E-state index in [-0.39, 0.29) is 5.97 Å². The van der Waals surface area contributed by atoms with Gasteiger partial charge in [0.2, 0.25) is 0 Å². The van der Waals surface area contributed by atoms with Gasteiger partial charge in [0.05, 0.1) is 12.2 Å². The lowest BCUT2D eigenvalue weighted by Gasteiger charge is -2.13. The average Bonchev–Trinajstić information content (AvgIpc) is 2.92.